The van der Waals surface area contributed by atoms with Gasteiger partial charge in [-0.1, -0.05) is 50.2 Å². The SMILES string of the molecule is CCCN(CCC)C(=O)c1cccc(NC(=O)C(OC(C)=O)C(OC(C)=O)C(=O)N[C@@H](Cc2ccccc2)C(=O)OC)c1. The van der Waals surface area contributed by atoms with Gasteiger partial charge in [0.05, 0.1) is 7.11 Å². The summed E-state index contributed by atoms with van der Waals surface area (Å²) in [6.07, 6.45) is -2.32. The maximum atomic E-state index is 13.4. The fraction of sp³-hybridized carbons (Fsp3) is 0.419. The maximum Gasteiger partial charge on any atom is 0.328 e. The summed E-state index contributed by atoms with van der Waals surface area (Å²) >= 11 is 0. The lowest BCUT2D eigenvalue weighted by molar-refractivity contribution is -0.173. The van der Waals surface area contributed by atoms with Crippen molar-refractivity contribution in [3.05, 3.63) is 65.7 Å². The lowest BCUT2D eigenvalue weighted by Crippen LogP contribution is -2.55. The molecule has 0 aliphatic rings. The zero-order valence-electron chi connectivity index (χ0n) is 25.1. The van der Waals surface area contributed by atoms with E-state index in [0.29, 0.717) is 24.2 Å². The topological polar surface area (TPSA) is 157 Å². The minimum Gasteiger partial charge on any atom is -0.467 e. The molecule has 0 aliphatic heterocycles. The number of benzene rings is 2. The molecule has 12 heteroatoms. The summed E-state index contributed by atoms with van der Waals surface area (Å²) in [6.45, 7) is 7.09. The number of amides is 3. The van der Waals surface area contributed by atoms with Gasteiger partial charge in [-0.25, -0.2) is 4.79 Å². The standard InChI is InChI=1S/C31H39N3O9/c1-6-16-34(17-7-2)30(39)23-14-11-15-24(19-23)32-28(37)26(42-20(3)35)27(43-21(4)36)29(38)33-25(31(40)41-5)18-22-12-9-8-10-13-22/h8-15,19,25-27H,6-7,16-18H2,1-5H3,(H,32,37)(H,33,38)/t25-,26?,27?/m0/s1. The molecule has 12 nitrogen and oxygen atoms in total. The number of esters is 3. The first-order valence-electron chi connectivity index (χ1n) is 14.0. The number of nitrogens with zero attached hydrogens (tertiary/aromatic N) is 1. The Morgan fingerprint density at radius 1 is 0.791 bits per heavy atom. The van der Waals surface area contributed by atoms with Gasteiger partial charge in [-0.3, -0.25) is 24.0 Å². The maximum absolute atomic E-state index is 13.4. The fourth-order valence-corrected chi connectivity index (χ4v) is 4.28. The Labute approximate surface area is 251 Å². The Kier molecular flexibility index (Phi) is 13.8. The van der Waals surface area contributed by atoms with Crippen LogP contribution in [-0.2, 0) is 44.6 Å². The van der Waals surface area contributed by atoms with E-state index in [1.54, 1.807) is 47.4 Å². The van der Waals surface area contributed by atoms with Gasteiger partial charge in [-0.2, -0.15) is 0 Å². The Hall–Kier alpha value is -4.74. The van der Waals surface area contributed by atoms with Crippen LogP contribution in [0.2, 0.25) is 0 Å². The summed E-state index contributed by atoms with van der Waals surface area (Å²) in [7, 11) is 1.15. The lowest BCUT2D eigenvalue weighted by atomic mass is 10.0. The Morgan fingerprint density at radius 3 is 1.91 bits per heavy atom. The third kappa shape index (κ3) is 10.9. The summed E-state index contributed by atoms with van der Waals surface area (Å²) in [5.74, 6) is -4.95. The molecule has 2 aromatic carbocycles. The van der Waals surface area contributed by atoms with Gasteiger partial charge in [-0.15, -0.1) is 0 Å². The molecule has 0 heterocycles. The highest BCUT2D eigenvalue weighted by Gasteiger charge is 2.41. The Bertz CT molecular complexity index is 1280. The number of nitrogens with one attached hydrogen (secondary N) is 2. The van der Waals surface area contributed by atoms with E-state index in [4.69, 9.17) is 14.2 Å². The number of carbonyl (C=O) groups is 6. The molecule has 43 heavy (non-hydrogen) atoms. The fourth-order valence-electron chi connectivity index (χ4n) is 4.28. The number of rotatable bonds is 15. The third-order valence-corrected chi connectivity index (χ3v) is 6.11. The molecule has 2 N–H and O–H groups in total. The van der Waals surface area contributed by atoms with E-state index in [-0.39, 0.29) is 18.0 Å². The highest BCUT2D eigenvalue weighted by molar-refractivity contribution is 6.02. The number of hydrogen-bond acceptors (Lipinski definition) is 9. The predicted octanol–water partition coefficient (Wildman–Crippen LogP) is 2.65. The average Bonchev–Trinajstić information content (AvgIpc) is 2.98. The minimum atomic E-state index is -1.96. The molecule has 2 unspecified atom stereocenters. The highest BCUT2D eigenvalue weighted by atomic mass is 16.6. The minimum absolute atomic E-state index is 0.0321. The van der Waals surface area contributed by atoms with Gasteiger partial charge in [0, 0.05) is 44.6 Å². The Balaban J connectivity index is 2.35. The molecule has 0 aliphatic carbocycles. The molecule has 2 rings (SSSR count). The molecule has 3 atom stereocenters. The molecule has 0 saturated carbocycles. The molecule has 0 saturated heterocycles. The van der Waals surface area contributed by atoms with Crippen molar-refractivity contribution in [3.8, 4) is 0 Å². The van der Waals surface area contributed by atoms with Crippen molar-refractivity contribution in [1.82, 2.24) is 10.2 Å². The summed E-state index contributed by atoms with van der Waals surface area (Å²) in [6, 6.07) is 13.7. The van der Waals surface area contributed by atoms with Crippen molar-refractivity contribution in [2.45, 2.75) is 65.2 Å². The van der Waals surface area contributed by atoms with E-state index in [9.17, 15) is 28.8 Å². The van der Waals surface area contributed by atoms with Crippen molar-refractivity contribution < 1.29 is 43.0 Å². The van der Waals surface area contributed by atoms with Crippen LogP contribution in [0.15, 0.2) is 54.6 Å². The van der Waals surface area contributed by atoms with Crippen LogP contribution in [0, 0.1) is 0 Å². The van der Waals surface area contributed by atoms with Crippen LogP contribution in [0.5, 0.6) is 0 Å². The van der Waals surface area contributed by atoms with Gasteiger partial charge < -0.3 is 29.7 Å². The van der Waals surface area contributed by atoms with Crippen LogP contribution in [0.1, 0.15) is 56.5 Å². The molecule has 0 radical (unpaired) electrons. The predicted molar refractivity (Wildman–Crippen MR) is 157 cm³/mol. The molecule has 0 bridgehead atoms. The van der Waals surface area contributed by atoms with Crippen LogP contribution in [0.25, 0.3) is 0 Å². The number of carbonyl (C=O) groups excluding carboxylic acids is 6. The van der Waals surface area contributed by atoms with Crippen molar-refractivity contribution in [1.29, 1.82) is 0 Å². The highest BCUT2D eigenvalue weighted by Crippen LogP contribution is 2.17. The first-order valence-corrected chi connectivity index (χ1v) is 14.0. The molecular formula is C31H39N3O9. The first-order chi connectivity index (χ1) is 20.5. The zero-order chi connectivity index (χ0) is 31.9. The zero-order valence-corrected chi connectivity index (χ0v) is 25.1. The second-order valence-corrected chi connectivity index (χ2v) is 9.70. The smallest absolute Gasteiger partial charge is 0.328 e. The molecule has 0 aromatic heterocycles. The van der Waals surface area contributed by atoms with Gasteiger partial charge in [0.2, 0.25) is 12.2 Å². The van der Waals surface area contributed by atoms with E-state index in [0.717, 1.165) is 33.8 Å². The van der Waals surface area contributed by atoms with Crippen molar-refractivity contribution in [2.75, 3.05) is 25.5 Å². The Morgan fingerprint density at radius 2 is 1.37 bits per heavy atom. The van der Waals surface area contributed by atoms with Gasteiger partial charge in [-0.05, 0) is 36.6 Å². The molecular weight excluding hydrogens is 558 g/mol. The van der Waals surface area contributed by atoms with Crippen LogP contribution >= 0.6 is 0 Å². The third-order valence-electron chi connectivity index (χ3n) is 6.11. The summed E-state index contributed by atoms with van der Waals surface area (Å²) in [5, 5.41) is 4.97. The summed E-state index contributed by atoms with van der Waals surface area (Å²) in [5.41, 5.74) is 1.20. The van der Waals surface area contributed by atoms with Crippen LogP contribution < -0.4 is 10.6 Å². The van der Waals surface area contributed by atoms with Crippen molar-refractivity contribution in [2.24, 2.45) is 0 Å². The number of methoxy groups -OCH3 is 1. The largest absolute Gasteiger partial charge is 0.467 e. The summed E-state index contributed by atoms with van der Waals surface area (Å²) in [4.78, 5) is 78.1. The van der Waals surface area contributed by atoms with Crippen LogP contribution in [-0.4, -0.2) is 79.0 Å². The number of hydrogen-bond donors (Lipinski definition) is 2. The second-order valence-electron chi connectivity index (χ2n) is 9.70. The first kappa shape index (κ1) is 34.5. The van der Waals surface area contributed by atoms with Gasteiger partial charge in [0.25, 0.3) is 17.7 Å². The average molecular weight is 598 g/mol. The molecule has 2 aromatic rings. The molecule has 3 amide bonds. The van der Waals surface area contributed by atoms with Crippen molar-refractivity contribution >= 4 is 41.3 Å². The van der Waals surface area contributed by atoms with Crippen LogP contribution in [0.4, 0.5) is 5.69 Å². The van der Waals surface area contributed by atoms with E-state index in [1.807, 2.05) is 13.8 Å². The molecule has 0 spiro atoms. The second kappa shape index (κ2) is 17.3. The van der Waals surface area contributed by atoms with E-state index in [2.05, 4.69) is 10.6 Å². The van der Waals surface area contributed by atoms with Gasteiger partial charge in [0.15, 0.2) is 0 Å². The van der Waals surface area contributed by atoms with Gasteiger partial charge in [0.1, 0.15) is 6.04 Å². The number of ether oxygens (including phenoxy) is 3. The van der Waals surface area contributed by atoms with Crippen LogP contribution in [0.3, 0.4) is 0 Å². The summed E-state index contributed by atoms with van der Waals surface area (Å²) < 4.78 is 15.1. The van der Waals surface area contributed by atoms with E-state index < -0.39 is 48.0 Å². The van der Waals surface area contributed by atoms with Gasteiger partial charge >= 0.3 is 17.9 Å². The van der Waals surface area contributed by atoms with E-state index >= 15 is 0 Å². The number of anilines is 1. The van der Waals surface area contributed by atoms with E-state index in [1.165, 1.54) is 12.1 Å². The monoisotopic (exact) mass is 597 g/mol. The lowest BCUT2D eigenvalue weighted by Gasteiger charge is -2.26. The van der Waals surface area contributed by atoms with Crippen molar-refractivity contribution in [3.63, 3.8) is 0 Å². The molecule has 0 fully saturated rings. The quantitative estimate of drug-likeness (QED) is 0.233. The molecule has 232 valence electrons. The normalized spacial score (nSPS) is 12.6.